The van der Waals surface area contributed by atoms with Crippen LogP contribution >= 0.6 is 12.6 Å². The van der Waals surface area contributed by atoms with E-state index in [9.17, 15) is 34.5 Å². The minimum Gasteiger partial charge on any atom is -0.508 e. The number of thiol groups is 1. The van der Waals surface area contributed by atoms with Crippen LogP contribution in [-0.2, 0) is 25.6 Å². The van der Waals surface area contributed by atoms with Crippen LogP contribution in [0.2, 0.25) is 0 Å². The van der Waals surface area contributed by atoms with Gasteiger partial charge in [0.1, 0.15) is 29.9 Å². The van der Waals surface area contributed by atoms with E-state index in [-0.39, 0.29) is 23.8 Å². The number of hydrogen-bond acceptors (Lipinski definition) is 8. The van der Waals surface area contributed by atoms with Crippen LogP contribution in [0, 0.1) is 5.92 Å². The monoisotopic (exact) mass is 484 g/mol. The molecular formula is C21H32N4O7S. The molecule has 3 amide bonds. The van der Waals surface area contributed by atoms with Gasteiger partial charge in [-0.2, -0.15) is 12.6 Å². The van der Waals surface area contributed by atoms with E-state index in [1.807, 2.05) is 0 Å². The molecule has 5 atom stereocenters. The van der Waals surface area contributed by atoms with Crippen molar-refractivity contribution >= 4 is 36.3 Å². The number of aliphatic carboxylic acids is 1. The summed E-state index contributed by atoms with van der Waals surface area (Å²) in [7, 11) is 0. The number of aliphatic hydroxyl groups excluding tert-OH is 1. The second-order valence-electron chi connectivity index (χ2n) is 8.01. The molecule has 1 rings (SSSR count). The van der Waals surface area contributed by atoms with Crippen molar-refractivity contribution in [3.63, 3.8) is 0 Å². The van der Waals surface area contributed by atoms with Gasteiger partial charge < -0.3 is 37.0 Å². The maximum Gasteiger partial charge on any atom is 0.326 e. The fourth-order valence-electron chi connectivity index (χ4n) is 2.80. The Bertz CT molecular complexity index is 832. The second kappa shape index (κ2) is 13.0. The zero-order valence-electron chi connectivity index (χ0n) is 18.7. The number of phenolic OH excluding ortho intramolecular Hbond substituents is 1. The number of rotatable bonds is 12. The van der Waals surface area contributed by atoms with Crippen LogP contribution in [0.5, 0.6) is 5.75 Å². The third-order valence-electron chi connectivity index (χ3n) is 4.88. The van der Waals surface area contributed by atoms with E-state index in [1.165, 1.54) is 31.2 Å². The van der Waals surface area contributed by atoms with Crippen molar-refractivity contribution < 1.29 is 34.5 Å². The Morgan fingerprint density at radius 2 is 1.48 bits per heavy atom. The Labute approximate surface area is 197 Å². The summed E-state index contributed by atoms with van der Waals surface area (Å²) < 4.78 is 0. The molecule has 0 fully saturated rings. The lowest BCUT2D eigenvalue weighted by Gasteiger charge is -2.26. The average molecular weight is 485 g/mol. The van der Waals surface area contributed by atoms with Gasteiger partial charge in [0.25, 0.3) is 0 Å². The van der Waals surface area contributed by atoms with Gasteiger partial charge in [-0.3, -0.25) is 14.4 Å². The van der Waals surface area contributed by atoms with E-state index in [0.717, 1.165) is 0 Å². The summed E-state index contributed by atoms with van der Waals surface area (Å²) in [5.74, 6) is -3.94. The van der Waals surface area contributed by atoms with Crippen molar-refractivity contribution in [2.45, 2.75) is 57.5 Å². The number of nitrogens with one attached hydrogen (secondary N) is 3. The molecule has 0 aliphatic carbocycles. The van der Waals surface area contributed by atoms with Crippen molar-refractivity contribution in [3.8, 4) is 5.75 Å². The molecule has 0 saturated carbocycles. The van der Waals surface area contributed by atoms with Gasteiger partial charge in [0.05, 0.1) is 6.10 Å². The molecule has 0 bridgehead atoms. The van der Waals surface area contributed by atoms with Crippen LogP contribution < -0.4 is 21.7 Å². The molecule has 5 unspecified atom stereocenters. The highest BCUT2D eigenvalue weighted by Crippen LogP contribution is 2.12. The van der Waals surface area contributed by atoms with E-state index in [1.54, 1.807) is 13.8 Å². The molecule has 0 aliphatic heterocycles. The van der Waals surface area contributed by atoms with Crippen molar-refractivity contribution in [2.75, 3.05) is 5.75 Å². The van der Waals surface area contributed by atoms with Crippen molar-refractivity contribution in [1.29, 1.82) is 0 Å². The smallest absolute Gasteiger partial charge is 0.326 e. The summed E-state index contributed by atoms with van der Waals surface area (Å²) in [6, 6.07) is 1.11. The molecule has 0 radical (unpaired) electrons. The Morgan fingerprint density at radius 1 is 0.939 bits per heavy atom. The third-order valence-corrected chi connectivity index (χ3v) is 5.24. The lowest BCUT2D eigenvalue weighted by molar-refractivity contribution is -0.142. The number of hydrogen-bond donors (Lipinski definition) is 8. The summed E-state index contributed by atoms with van der Waals surface area (Å²) in [5, 5.41) is 35.6. The number of carbonyl (C=O) groups is 4. The molecule has 0 aromatic heterocycles. The fourth-order valence-corrected chi connectivity index (χ4v) is 3.06. The molecule has 33 heavy (non-hydrogen) atoms. The predicted molar refractivity (Wildman–Crippen MR) is 124 cm³/mol. The summed E-state index contributed by atoms with van der Waals surface area (Å²) in [5.41, 5.74) is 6.17. The van der Waals surface area contributed by atoms with E-state index in [0.29, 0.717) is 5.56 Å². The first-order chi connectivity index (χ1) is 15.4. The minimum atomic E-state index is -1.29. The average Bonchev–Trinajstić information content (AvgIpc) is 2.75. The standard InChI is InChI=1S/C21H32N4O7S/c1-10(2)17(25-19(29)16(22)11(3)26)20(30)24-15(9-33)18(28)23-14(21(31)32)8-12-4-6-13(27)7-5-12/h4-7,10-11,14-17,26-27,33H,8-9,22H2,1-3H3,(H,23,28)(H,24,30)(H,25,29)(H,31,32). The zero-order valence-corrected chi connectivity index (χ0v) is 19.6. The van der Waals surface area contributed by atoms with E-state index in [4.69, 9.17) is 5.73 Å². The highest BCUT2D eigenvalue weighted by Gasteiger charge is 2.32. The van der Waals surface area contributed by atoms with Crippen LogP contribution in [0.15, 0.2) is 24.3 Å². The maximum absolute atomic E-state index is 12.7. The van der Waals surface area contributed by atoms with Gasteiger partial charge in [-0.25, -0.2) is 4.79 Å². The molecule has 11 nitrogen and oxygen atoms in total. The van der Waals surface area contributed by atoms with Gasteiger partial charge in [-0.1, -0.05) is 26.0 Å². The molecule has 0 aliphatic rings. The Hall–Kier alpha value is -2.83. The topological polar surface area (TPSA) is 191 Å². The Morgan fingerprint density at radius 3 is 1.94 bits per heavy atom. The van der Waals surface area contributed by atoms with E-state index < -0.39 is 54.0 Å². The van der Waals surface area contributed by atoms with Crippen LogP contribution in [0.3, 0.4) is 0 Å². The first kappa shape index (κ1) is 28.2. The number of aliphatic hydroxyl groups is 1. The number of amides is 3. The SMILES string of the molecule is CC(C)C(NC(=O)C(N)C(C)O)C(=O)NC(CS)C(=O)NC(Cc1ccc(O)cc1)C(=O)O. The van der Waals surface area contributed by atoms with Gasteiger partial charge in [0, 0.05) is 12.2 Å². The van der Waals surface area contributed by atoms with Crippen molar-refractivity contribution in [1.82, 2.24) is 16.0 Å². The largest absolute Gasteiger partial charge is 0.508 e. The predicted octanol–water partition coefficient (Wildman–Crippen LogP) is -1.23. The number of carbonyl (C=O) groups excluding carboxylic acids is 3. The molecule has 0 heterocycles. The third kappa shape index (κ3) is 8.91. The van der Waals surface area contributed by atoms with E-state index in [2.05, 4.69) is 28.6 Å². The maximum atomic E-state index is 12.7. The molecule has 0 saturated heterocycles. The van der Waals surface area contributed by atoms with Crippen molar-refractivity contribution in [2.24, 2.45) is 11.7 Å². The van der Waals surface area contributed by atoms with Gasteiger partial charge in [0.15, 0.2) is 0 Å². The number of aromatic hydroxyl groups is 1. The number of phenols is 1. The van der Waals surface area contributed by atoms with Crippen LogP contribution in [0.1, 0.15) is 26.3 Å². The number of carboxylic acids is 1. The lowest BCUT2D eigenvalue weighted by atomic mass is 10.0. The highest BCUT2D eigenvalue weighted by atomic mass is 32.1. The Kier molecular flexibility index (Phi) is 11.1. The summed E-state index contributed by atoms with van der Waals surface area (Å²) in [6.45, 7) is 4.69. The van der Waals surface area contributed by atoms with Crippen LogP contribution in [0.25, 0.3) is 0 Å². The quantitative estimate of drug-likeness (QED) is 0.169. The molecule has 1 aromatic rings. The lowest BCUT2D eigenvalue weighted by Crippen LogP contribution is -2.59. The van der Waals surface area contributed by atoms with Gasteiger partial charge in [-0.05, 0) is 30.5 Å². The van der Waals surface area contributed by atoms with Crippen molar-refractivity contribution in [3.05, 3.63) is 29.8 Å². The number of carboxylic acid groups (broad SMARTS) is 1. The number of nitrogens with two attached hydrogens (primary N) is 1. The van der Waals surface area contributed by atoms with E-state index >= 15 is 0 Å². The zero-order chi connectivity index (χ0) is 25.3. The second-order valence-corrected chi connectivity index (χ2v) is 8.38. The first-order valence-corrected chi connectivity index (χ1v) is 11.0. The minimum absolute atomic E-state index is 0.0220. The fraction of sp³-hybridized carbons (Fsp3) is 0.524. The van der Waals surface area contributed by atoms with Crippen LogP contribution in [0.4, 0.5) is 0 Å². The molecule has 12 heteroatoms. The number of benzene rings is 1. The highest BCUT2D eigenvalue weighted by molar-refractivity contribution is 7.80. The Balaban J connectivity index is 2.86. The normalized spacial score (nSPS) is 15.6. The molecular weight excluding hydrogens is 452 g/mol. The first-order valence-electron chi connectivity index (χ1n) is 10.3. The molecule has 8 N–H and O–H groups in total. The van der Waals surface area contributed by atoms with Crippen LogP contribution in [-0.4, -0.2) is 75.0 Å². The van der Waals surface area contributed by atoms with Gasteiger partial charge in [0.2, 0.25) is 17.7 Å². The molecule has 184 valence electrons. The summed E-state index contributed by atoms with van der Waals surface area (Å²) >= 11 is 4.07. The van der Waals surface area contributed by atoms with Gasteiger partial charge in [-0.15, -0.1) is 0 Å². The summed E-state index contributed by atoms with van der Waals surface area (Å²) in [4.78, 5) is 49.2. The molecule has 1 aromatic carbocycles. The summed E-state index contributed by atoms with van der Waals surface area (Å²) in [6.07, 6.45) is -1.17. The molecule has 0 spiro atoms. The van der Waals surface area contributed by atoms with Gasteiger partial charge >= 0.3 is 5.97 Å².